The minimum Gasteiger partial charge on any atom is -0.325 e. The van der Waals surface area contributed by atoms with E-state index in [1.54, 1.807) is 35.6 Å². The van der Waals surface area contributed by atoms with Crippen LogP contribution in [0.25, 0.3) is 11.3 Å². The summed E-state index contributed by atoms with van der Waals surface area (Å²) in [6.45, 7) is 1.96. The van der Waals surface area contributed by atoms with Crippen LogP contribution in [-0.4, -0.2) is 16.6 Å². The molecule has 0 saturated heterocycles. The summed E-state index contributed by atoms with van der Waals surface area (Å²) in [5.74, 6) is -2.78. The monoisotopic (exact) mass is 390 g/mol. The minimum absolute atomic E-state index is 0.171. The fourth-order valence-electron chi connectivity index (χ4n) is 2.44. The van der Waals surface area contributed by atoms with Gasteiger partial charge in [-0.3, -0.25) is 4.79 Å². The molecule has 3 aromatic rings. The number of aryl methyl sites for hydroxylation is 1. The molecular weight excluding hydrogens is 374 g/mol. The van der Waals surface area contributed by atoms with Crippen LogP contribution in [0.3, 0.4) is 0 Å². The predicted octanol–water partition coefficient (Wildman–Crippen LogP) is 5.61. The van der Waals surface area contributed by atoms with E-state index in [9.17, 15) is 13.6 Å². The number of anilines is 1. The first-order valence-electron chi connectivity index (χ1n) is 7.86. The van der Waals surface area contributed by atoms with Crippen LogP contribution >= 0.6 is 23.1 Å². The van der Waals surface area contributed by atoms with Crippen molar-refractivity contribution in [1.82, 2.24) is 4.98 Å². The molecule has 0 unspecified atom stereocenters. The zero-order valence-electron chi connectivity index (χ0n) is 13.9. The summed E-state index contributed by atoms with van der Waals surface area (Å²) < 4.78 is 25.2. The third-order valence-corrected chi connectivity index (χ3v) is 5.17. The Balaban J connectivity index is 1.65. The number of nitrogens with one attached hydrogen (secondary N) is 1. The van der Waals surface area contributed by atoms with Crippen LogP contribution in [0.5, 0.6) is 0 Å². The normalized spacial score (nSPS) is 10.9. The van der Waals surface area contributed by atoms with Crippen molar-refractivity contribution in [2.75, 3.05) is 5.32 Å². The summed E-state index contributed by atoms with van der Waals surface area (Å²) in [6.07, 6.45) is 0.171. The molecule has 1 N–H and O–H groups in total. The average molecular weight is 390 g/mol. The molecule has 1 amide bonds. The van der Waals surface area contributed by atoms with Crippen LogP contribution in [0.4, 0.5) is 14.5 Å². The highest BCUT2D eigenvalue weighted by atomic mass is 32.2. The largest absolute Gasteiger partial charge is 0.325 e. The van der Waals surface area contributed by atoms with Gasteiger partial charge in [0.15, 0.2) is 0 Å². The van der Waals surface area contributed by atoms with Crippen molar-refractivity contribution >= 4 is 34.7 Å². The third-order valence-electron chi connectivity index (χ3n) is 3.61. The molecule has 3 nitrogen and oxygen atoms in total. The molecule has 0 spiro atoms. The standard InChI is InChI=1S/C19H16F2N2OS2/c1-12-22-16(11-25-12)14-8-6-13(7-9-14)10-18(24)23-15-4-2-3-5-17(15)26-19(20)21/h2-9,11,19H,10H2,1H3,(H,23,24). The highest BCUT2D eigenvalue weighted by Gasteiger charge is 2.12. The Labute approximate surface area is 158 Å². The minimum atomic E-state index is -2.53. The molecule has 3 rings (SSSR count). The summed E-state index contributed by atoms with van der Waals surface area (Å²) in [6, 6.07) is 14.2. The molecule has 134 valence electrons. The van der Waals surface area contributed by atoms with Crippen molar-refractivity contribution in [2.45, 2.75) is 24.0 Å². The number of hydrogen-bond donors (Lipinski definition) is 1. The van der Waals surface area contributed by atoms with Gasteiger partial charge < -0.3 is 5.32 Å². The molecule has 0 fully saturated rings. The first-order valence-corrected chi connectivity index (χ1v) is 9.62. The number of thioether (sulfide) groups is 1. The van der Waals surface area contributed by atoms with Crippen molar-refractivity contribution in [3.63, 3.8) is 0 Å². The lowest BCUT2D eigenvalue weighted by Crippen LogP contribution is -2.15. The number of para-hydroxylation sites is 1. The molecule has 0 bridgehead atoms. The fourth-order valence-corrected chi connectivity index (χ4v) is 3.65. The van der Waals surface area contributed by atoms with E-state index in [1.165, 1.54) is 0 Å². The summed E-state index contributed by atoms with van der Waals surface area (Å²) in [4.78, 5) is 17.0. The van der Waals surface area contributed by atoms with Gasteiger partial charge in [-0.1, -0.05) is 48.2 Å². The maximum absolute atomic E-state index is 12.6. The third kappa shape index (κ3) is 4.89. The number of alkyl halides is 2. The Morgan fingerprint density at radius 1 is 1.19 bits per heavy atom. The molecule has 1 heterocycles. The molecule has 26 heavy (non-hydrogen) atoms. The van der Waals surface area contributed by atoms with Crippen LogP contribution in [0.2, 0.25) is 0 Å². The number of carbonyl (C=O) groups is 1. The molecule has 0 radical (unpaired) electrons. The van der Waals surface area contributed by atoms with Gasteiger partial charge in [-0.15, -0.1) is 11.3 Å². The van der Waals surface area contributed by atoms with Crippen molar-refractivity contribution in [2.24, 2.45) is 0 Å². The molecular formula is C19H16F2N2OS2. The highest BCUT2D eigenvalue weighted by Crippen LogP contribution is 2.31. The second-order valence-electron chi connectivity index (χ2n) is 5.55. The van der Waals surface area contributed by atoms with E-state index in [2.05, 4.69) is 10.3 Å². The van der Waals surface area contributed by atoms with Gasteiger partial charge in [-0.2, -0.15) is 8.78 Å². The second-order valence-corrected chi connectivity index (χ2v) is 7.64. The van der Waals surface area contributed by atoms with Gasteiger partial charge in [0.25, 0.3) is 5.76 Å². The lowest BCUT2D eigenvalue weighted by atomic mass is 10.1. The Morgan fingerprint density at radius 2 is 1.92 bits per heavy atom. The average Bonchev–Trinajstić information content (AvgIpc) is 3.03. The number of benzene rings is 2. The number of thiazole rings is 1. The Morgan fingerprint density at radius 3 is 2.58 bits per heavy atom. The summed E-state index contributed by atoms with van der Waals surface area (Å²) in [7, 11) is 0. The zero-order valence-corrected chi connectivity index (χ0v) is 15.5. The lowest BCUT2D eigenvalue weighted by molar-refractivity contribution is -0.115. The SMILES string of the molecule is Cc1nc(-c2ccc(CC(=O)Nc3ccccc3SC(F)F)cc2)cs1. The first kappa shape index (κ1) is 18.5. The van der Waals surface area contributed by atoms with Crippen LogP contribution in [0.1, 0.15) is 10.6 Å². The molecule has 0 aliphatic heterocycles. The number of amides is 1. The van der Waals surface area contributed by atoms with Gasteiger partial charge in [0.2, 0.25) is 5.91 Å². The highest BCUT2D eigenvalue weighted by molar-refractivity contribution is 7.99. The van der Waals surface area contributed by atoms with E-state index >= 15 is 0 Å². The van der Waals surface area contributed by atoms with Gasteiger partial charge in [0.05, 0.1) is 22.8 Å². The zero-order chi connectivity index (χ0) is 18.5. The number of halogens is 2. The predicted molar refractivity (Wildman–Crippen MR) is 103 cm³/mol. The van der Waals surface area contributed by atoms with Crippen LogP contribution in [-0.2, 0) is 11.2 Å². The summed E-state index contributed by atoms with van der Waals surface area (Å²) in [5.41, 5.74) is 3.16. The molecule has 0 atom stereocenters. The molecule has 0 aliphatic carbocycles. The van der Waals surface area contributed by atoms with Gasteiger partial charge in [-0.05, 0) is 24.6 Å². The van der Waals surface area contributed by atoms with Gasteiger partial charge in [0, 0.05) is 15.8 Å². The smallest absolute Gasteiger partial charge is 0.288 e. The maximum Gasteiger partial charge on any atom is 0.288 e. The fraction of sp³-hybridized carbons (Fsp3) is 0.158. The molecule has 7 heteroatoms. The van der Waals surface area contributed by atoms with Crippen LogP contribution in [0.15, 0.2) is 58.8 Å². The van der Waals surface area contributed by atoms with E-state index in [4.69, 9.17) is 0 Å². The van der Waals surface area contributed by atoms with Crippen LogP contribution < -0.4 is 5.32 Å². The van der Waals surface area contributed by atoms with Gasteiger partial charge in [0.1, 0.15) is 0 Å². The van der Waals surface area contributed by atoms with Gasteiger partial charge >= 0.3 is 0 Å². The summed E-state index contributed by atoms with van der Waals surface area (Å²) in [5, 5.41) is 5.71. The van der Waals surface area contributed by atoms with E-state index in [-0.39, 0.29) is 12.3 Å². The quantitative estimate of drug-likeness (QED) is 0.556. The topological polar surface area (TPSA) is 42.0 Å². The molecule has 0 aliphatic rings. The number of rotatable bonds is 6. The Bertz CT molecular complexity index is 895. The van der Waals surface area contributed by atoms with E-state index in [0.29, 0.717) is 22.3 Å². The number of hydrogen-bond acceptors (Lipinski definition) is 4. The Kier molecular flexibility index (Phi) is 6.00. The molecule has 0 saturated carbocycles. The number of nitrogens with zero attached hydrogens (tertiary/aromatic N) is 1. The van der Waals surface area contributed by atoms with Crippen molar-refractivity contribution in [3.8, 4) is 11.3 Å². The molecule has 1 aromatic heterocycles. The first-order chi connectivity index (χ1) is 12.5. The number of aromatic nitrogens is 1. The van der Waals surface area contributed by atoms with Crippen molar-refractivity contribution in [1.29, 1.82) is 0 Å². The van der Waals surface area contributed by atoms with Gasteiger partial charge in [-0.25, -0.2) is 4.98 Å². The lowest BCUT2D eigenvalue weighted by Gasteiger charge is -2.10. The van der Waals surface area contributed by atoms with Crippen molar-refractivity contribution in [3.05, 3.63) is 64.5 Å². The summed E-state index contributed by atoms with van der Waals surface area (Å²) >= 11 is 2.01. The van der Waals surface area contributed by atoms with E-state index in [0.717, 1.165) is 21.8 Å². The van der Waals surface area contributed by atoms with Crippen LogP contribution in [0, 0.1) is 6.92 Å². The van der Waals surface area contributed by atoms with Crippen molar-refractivity contribution < 1.29 is 13.6 Å². The molecule has 2 aromatic carbocycles. The Hall–Kier alpha value is -2.25. The van der Waals surface area contributed by atoms with E-state index in [1.807, 2.05) is 36.6 Å². The maximum atomic E-state index is 12.6. The second kappa shape index (κ2) is 8.42. The number of carbonyl (C=O) groups excluding carboxylic acids is 1. The van der Waals surface area contributed by atoms with E-state index < -0.39 is 5.76 Å².